The molecule has 1 aromatic heterocycles. The molecule has 42 heavy (non-hydrogen) atoms. The number of nitrogens with one attached hydrogen (secondary N) is 1. The Kier molecular flexibility index (Phi) is 8.65. The van der Waals surface area contributed by atoms with E-state index in [1.54, 1.807) is 23.1 Å². The van der Waals surface area contributed by atoms with Gasteiger partial charge >= 0.3 is 0 Å². The highest BCUT2D eigenvalue weighted by Crippen LogP contribution is 2.30. The summed E-state index contributed by atoms with van der Waals surface area (Å²) in [5.74, 6) is 0.0934. The van der Waals surface area contributed by atoms with Gasteiger partial charge in [0, 0.05) is 28.2 Å². The predicted octanol–water partition coefficient (Wildman–Crippen LogP) is 6.77. The van der Waals surface area contributed by atoms with E-state index in [4.69, 9.17) is 4.74 Å². The van der Waals surface area contributed by atoms with Crippen LogP contribution in [-0.4, -0.2) is 41.8 Å². The van der Waals surface area contributed by atoms with Crippen molar-refractivity contribution in [3.63, 3.8) is 0 Å². The van der Waals surface area contributed by atoms with E-state index < -0.39 is 10.0 Å². The average molecular weight is 650 g/mol. The van der Waals surface area contributed by atoms with Gasteiger partial charge in [0.25, 0.3) is 15.9 Å². The summed E-state index contributed by atoms with van der Waals surface area (Å²) in [5, 5.41) is 0. The monoisotopic (exact) mass is 648 g/mol. The largest absolute Gasteiger partial charge is 0.475 e. The molecule has 1 amide bonds. The molecule has 4 aromatic rings. The van der Waals surface area contributed by atoms with E-state index in [-0.39, 0.29) is 46.8 Å². The number of aryl methyl sites for hydroxylation is 2. The van der Waals surface area contributed by atoms with Crippen LogP contribution in [0.15, 0.2) is 82.2 Å². The van der Waals surface area contributed by atoms with E-state index in [9.17, 15) is 13.2 Å². The van der Waals surface area contributed by atoms with Crippen LogP contribution in [0.3, 0.4) is 0 Å². The van der Waals surface area contributed by atoms with E-state index in [1.165, 1.54) is 12.1 Å². The van der Waals surface area contributed by atoms with Crippen LogP contribution < -0.4 is 9.46 Å². The molecule has 2 heterocycles. The number of fused-ring (bicyclic) bond motifs is 4. The van der Waals surface area contributed by atoms with Crippen molar-refractivity contribution in [1.82, 2.24) is 14.9 Å². The second kappa shape index (κ2) is 12.2. The van der Waals surface area contributed by atoms with E-state index in [1.807, 2.05) is 56.3 Å². The fourth-order valence-corrected chi connectivity index (χ4v) is 6.45. The van der Waals surface area contributed by atoms with Crippen molar-refractivity contribution >= 4 is 37.8 Å². The number of carbonyl (C=O) groups excluding carboxylic acids is 1. The molecular weight excluding hydrogens is 616 g/mol. The Morgan fingerprint density at radius 1 is 1.00 bits per heavy atom. The van der Waals surface area contributed by atoms with Crippen LogP contribution >= 0.6 is 15.9 Å². The number of anilines is 1. The first-order chi connectivity index (χ1) is 20.0. The average Bonchev–Trinajstić information content (AvgIpc) is 2.94. The van der Waals surface area contributed by atoms with Crippen molar-refractivity contribution in [2.24, 2.45) is 5.92 Å². The molecule has 0 aliphatic carbocycles. The van der Waals surface area contributed by atoms with Gasteiger partial charge in [0.05, 0.1) is 16.6 Å². The number of amides is 1. The molecule has 1 N–H and O–H groups in total. The molecule has 0 unspecified atom stereocenters. The molecule has 1 aliphatic rings. The van der Waals surface area contributed by atoms with Crippen LogP contribution in [0.4, 0.5) is 5.95 Å². The number of benzene rings is 3. The Balaban J connectivity index is 1.66. The van der Waals surface area contributed by atoms with Crippen LogP contribution in [0.2, 0.25) is 0 Å². The lowest BCUT2D eigenvalue weighted by Crippen LogP contribution is -2.44. The number of hydrogen-bond donors (Lipinski definition) is 1. The molecule has 1 aliphatic heterocycles. The summed E-state index contributed by atoms with van der Waals surface area (Å²) in [5.41, 5.74) is 4.61. The number of carbonyl (C=O) groups is 1. The molecule has 218 valence electrons. The van der Waals surface area contributed by atoms with Crippen molar-refractivity contribution in [1.29, 1.82) is 0 Å². The number of aromatic nitrogens is 2. The first-order valence-electron chi connectivity index (χ1n) is 13.8. The maximum absolute atomic E-state index is 14.1. The van der Waals surface area contributed by atoms with Gasteiger partial charge in [-0.3, -0.25) is 4.79 Å². The van der Waals surface area contributed by atoms with Gasteiger partial charge in [-0.25, -0.2) is 18.1 Å². The van der Waals surface area contributed by atoms with Crippen LogP contribution in [0.25, 0.3) is 11.3 Å². The fraction of sp³-hybridized carbons (Fsp3) is 0.281. The summed E-state index contributed by atoms with van der Waals surface area (Å²) in [6.07, 6.45) is 0.667. The zero-order chi connectivity index (χ0) is 30.0. The summed E-state index contributed by atoms with van der Waals surface area (Å²) in [6, 6.07) is 21.2. The molecule has 0 fully saturated rings. The predicted molar refractivity (Wildman–Crippen MR) is 167 cm³/mol. The molecule has 10 heteroatoms. The highest BCUT2D eigenvalue weighted by atomic mass is 79.9. The molecule has 3 aromatic carbocycles. The Morgan fingerprint density at radius 2 is 1.69 bits per heavy atom. The van der Waals surface area contributed by atoms with E-state index in [0.717, 1.165) is 26.7 Å². The Morgan fingerprint density at radius 3 is 2.38 bits per heavy atom. The highest BCUT2D eigenvalue weighted by molar-refractivity contribution is 9.10. The third kappa shape index (κ3) is 6.65. The minimum atomic E-state index is -4.12. The van der Waals surface area contributed by atoms with Gasteiger partial charge in [-0.05, 0) is 73.2 Å². The lowest BCUT2D eigenvalue weighted by molar-refractivity contribution is 0.0553. The summed E-state index contributed by atoms with van der Waals surface area (Å²) in [6.45, 7) is 8.64. The summed E-state index contributed by atoms with van der Waals surface area (Å²) >= 11 is 3.48. The van der Waals surface area contributed by atoms with Crippen molar-refractivity contribution in [2.75, 3.05) is 11.3 Å². The summed E-state index contributed by atoms with van der Waals surface area (Å²) < 4.78 is 36.8. The molecule has 5 rings (SSSR count). The van der Waals surface area contributed by atoms with Gasteiger partial charge in [0.15, 0.2) is 0 Å². The number of sulfonamides is 1. The molecule has 8 nitrogen and oxygen atoms in total. The smallest absolute Gasteiger partial charge is 0.264 e. The van der Waals surface area contributed by atoms with Crippen molar-refractivity contribution < 1.29 is 17.9 Å². The summed E-state index contributed by atoms with van der Waals surface area (Å²) in [7, 11) is -4.12. The van der Waals surface area contributed by atoms with E-state index >= 15 is 0 Å². The second-order valence-electron chi connectivity index (χ2n) is 11.0. The first-order valence-corrected chi connectivity index (χ1v) is 16.0. The molecule has 0 saturated heterocycles. The van der Waals surface area contributed by atoms with Crippen LogP contribution in [0, 0.1) is 19.8 Å². The molecule has 0 radical (unpaired) electrons. The van der Waals surface area contributed by atoms with Gasteiger partial charge in [0.2, 0.25) is 11.8 Å². The van der Waals surface area contributed by atoms with Gasteiger partial charge < -0.3 is 9.64 Å². The minimum absolute atomic E-state index is 0.0554. The number of rotatable bonds is 5. The SMILES string of the molecule is Cc1cccc(C)c1-c1cc2nc(n1)NS(=O)(=O)c1cccc(c1)C(=O)N(Cc1ccc(Br)cc1)[C@H](CC(C)C)CO2. The Labute approximate surface area is 255 Å². The van der Waals surface area contributed by atoms with E-state index in [2.05, 4.69) is 44.5 Å². The minimum Gasteiger partial charge on any atom is -0.475 e. The highest BCUT2D eigenvalue weighted by Gasteiger charge is 2.29. The third-order valence-corrected chi connectivity index (χ3v) is 9.05. The molecule has 0 spiro atoms. The molecular formula is C32H33BrN4O4S. The number of hydrogen-bond acceptors (Lipinski definition) is 6. The maximum Gasteiger partial charge on any atom is 0.264 e. The van der Waals surface area contributed by atoms with Crippen molar-refractivity contribution in [3.05, 3.63) is 99.5 Å². The zero-order valence-electron chi connectivity index (χ0n) is 24.0. The molecule has 4 bridgehead atoms. The normalized spacial score (nSPS) is 16.6. The fourth-order valence-electron chi connectivity index (χ4n) is 5.20. The number of ether oxygens (including phenoxy) is 1. The lowest BCUT2D eigenvalue weighted by Gasteiger charge is -2.33. The third-order valence-electron chi connectivity index (χ3n) is 7.19. The second-order valence-corrected chi connectivity index (χ2v) is 13.6. The van der Waals surface area contributed by atoms with Crippen molar-refractivity contribution in [3.8, 4) is 17.1 Å². The lowest BCUT2D eigenvalue weighted by atomic mass is 10.00. The molecule has 1 atom stereocenters. The number of halogens is 1. The first kappa shape index (κ1) is 29.7. The van der Waals surface area contributed by atoms with Crippen LogP contribution in [0.1, 0.15) is 47.3 Å². The van der Waals surface area contributed by atoms with Gasteiger partial charge in [-0.15, -0.1) is 0 Å². The molecule has 0 saturated carbocycles. The van der Waals surface area contributed by atoms with Crippen LogP contribution in [-0.2, 0) is 16.6 Å². The van der Waals surface area contributed by atoms with Crippen LogP contribution in [0.5, 0.6) is 5.88 Å². The Hall–Kier alpha value is -3.76. The van der Waals surface area contributed by atoms with E-state index in [0.29, 0.717) is 18.7 Å². The Bertz CT molecular complexity index is 1700. The number of nitrogens with zero attached hydrogens (tertiary/aromatic N) is 3. The standard InChI is InChI=1S/C32H33BrN4O4S/c1-20(2)15-26-19-41-29-17-28(30-21(3)7-5-8-22(30)4)34-32(35-29)36-42(39,40)27-10-6-9-24(16-27)31(38)37(26)18-23-11-13-25(33)14-12-23/h5-14,16-17,20,26H,15,18-19H2,1-4H3,(H,34,35,36)/t26-/m1/s1. The topological polar surface area (TPSA) is 101 Å². The van der Waals surface area contributed by atoms with Gasteiger partial charge in [0.1, 0.15) is 6.61 Å². The quantitative estimate of drug-likeness (QED) is 0.256. The van der Waals surface area contributed by atoms with Gasteiger partial charge in [-0.2, -0.15) is 4.98 Å². The van der Waals surface area contributed by atoms with Crippen molar-refractivity contribution in [2.45, 2.75) is 51.6 Å². The summed E-state index contributed by atoms with van der Waals surface area (Å²) in [4.78, 5) is 24.8. The van der Waals surface area contributed by atoms with Gasteiger partial charge in [-0.1, -0.05) is 66.2 Å². The zero-order valence-corrected chi connectivity index (χ0v) is 26.4. The maximum atomic E-state index is 14.1.